The van der Waals surface area contributed by atoms with E-state index >= 15 is 0 Å². The maximum Gasteiger partial charge on any atom is 0.245 e. The molecule has 108 valence electrons. The molecule has 1 aliphatic heterocycles. The van der Waals surface area contributed by atoms with Crippen molar-refractivity contribution in [2.24, 2.45) is 11.7 Å². The van der Waals surface area contributed by atoms with Crippen LogP contribution in [-0.4, -0.2) is 31.9 Å². The summed E-state index contributed by atoms with van der Waals surface area (Å²) in [4.78, 5) is 0.105. The molecule has 4 nitrogen and oxygen atoms in total. The first-order valence-electron chi connectivity index (χ1n) is 6.03. The molecule has 2 heterocycles. The van der Waals surface area contributed by atoms with Crippen molar-refractivity contribution < 1.29 is 8.42 Å². The molecule has 2 unspecified atom stereocenters. The zero-order valence-electron chi connectivity index (χ0n) is 10.5. The van der Waals surface area contributed by atoms with Crippen molar-refractivity contribution in [3.8, 4) is 0 Å². The van der Waals surface area contributed by atoms with Gasteiger partial charge < -0.3 is 5.73 Å². The first kappa shape index (κ1) is 15.5. The number of halogens is 2. The standard InChI is InChI=1S/C11H16Cl2N2O2S2/c1-7-2-3-8(5-14)6-15(7)19(16,17)9-4-10(12)18-11(9)13/h4,7-8H,2-3,5-6,14H2,1H3. The summed E-state index contributed by atoms with van der Waals surface area (Å²) >= 11 is 12.9. The van der Waals surface area contributed by atoms with Crippen LogP contribution in [0.3, 0.4) is 0 Å². The highest BCUT2D eigenvalue weighted by Crippen LogP contribution is 2.37. The Morgan fingerprint density at radius 1 is 1.47 bits per heavy atom. The van der Waals surface area contributed by atoms with Gasteiger partial charge in [-0.1, -0.05) is 23.2 Å². The van der Waals surface area contributed by atoms with E-state index < -0.39 is 10.0 Å². The van der Waals surface area contributed by atoms with Crippen LogP contribution in [0.1, 0.15) is 19.8 Å². The Labute approximate surface area is 127 Å². The molecule has 0 amide bonds. The second-order valence-corrected chi connectivity index (χ2v) is 8.94. The highest BCUT2D eigenvalue weighted by molar-refractivity contribution is 7.89. The Hall–Kier alpha value is 0.150. The van der Waals surface area contributed by atoms with E-state index in [1.807, 2.05) is 6.92 Å². The van der Waals surface area contributed by atoms with E-state index in [9.17, 15) is 8.42 Å². The van der Waals surface area contributed by atoms with Gasteiger partial charge in [-0.3, -0.25) is 0 Å². The highest BCUT2D eigenvalue weighted by Gasteiger charge is 2.36. The summed E-state index contributed by atoms with van der Waals surface area (Å²) in [7, 11) is -3.59. The molecule has 1 aromatic heterocycles. The van der Waals surface area contributed by atoms with Gasteiger partial charge in [-0.05, 0) is 38.3 Å². The van der Waals surface area contributed by atoms with Gasteiger partial charge in [-0.15, -0.1) is 11.3 Å². The van der Waals surface area contributed by atoms with Gasteiger partial charge >= 0.3 is 0 Å². The fourth-order valence-electron chi connectivity index (χ4n) is 2.30. The van der Waals surface area contributed by atoms with Crippen molar-refractivity contribution in [3.63, 3.8) is 0 Å². The number of rotatable bonds is 3. The van der Waals surface area contributed by atoms with Crippen LogP contribution < -0.4 is 5.73 Å². The summed E-state index contributed by atoms with van der Waals surface area (Å²) in [6.45, 7) is 2.85. The van der Waals surface area contributed by atoms with Crippen LogP contribution >= 0.6 is 34.5 Å². The first-order chi connectivity index (χ1) is 8.86. The van der Waals surface area contributed by atoms with E-state index in [2.05, 4.69) is 0 Å². The molecule has 1 saturated heterocycles. The minimum atomic E-state index is -3.59. The smallest absolute Gasteiger partial charge is 0.245 e. The van der Waals surface area contributed by atoms with E-state index in [1.165, 1.54) is 10.4 Å². The molecule has 1 aliphatic rings. The average molecular weight is 343 g/mol. The lowest BCUT2D eigenvalue weighted by Crippen LogP contribution is -2.46. The zero-order valence-corrected chi connectivity index (χ0v) is 13.6. The molecule has 1 fully saturated rings. The molecule has 0 aliphatic carbocycles. The normalized spacial score (nSPS) is 25.7. The molecule has 0 saturated carbocycles. The Bertz CT molecular complexity index is 559. The zero-order chi connectivity index (χ0) is 14.2. The Kier molecular flexibility index (Phi) is 4.80. The first-order valence-corrected chi connectivity index (χ1v) is 9.04. The molecular formula is C11H16Cl2N2O2S2. The Morgan fingerprint density at radius 3 is 2.68 bits per heavy atom. The topological polar surface area (TPSA) is 63.4 Å². The molecule has 2 atom stereocenters. The lowest BCUT2D eigenvalue weighted by Gasteiger charge is -2.36. The summed E-state index contributed by atoms with van der Waals surface area (Å²) in [6.07, 6.45) is 1.78. The van der Waals surface area contributed by atoms with Gasteiger partial charge in [0.05, 0.1) is 4.34 Å². The second-order valence-electron chi connectivity index (χ2n) is 4.79. The molecular weight excluding hydrogens is 327 g/mol. The van der Waals surface area contributed by atoms with Crippen LogP contribution in [0.2, 0.25) is 8.67 Å². The van der Waals surface area contributed by atoms with Crippen LogP contribution in [0, 0.1) is 5.92 Å². The van der Waals surface area contributed by atoms with Gasteiger partial charge in [0, 0.05) is 12.6 Å². The van der Waals surface area contributed by atoms with Crippen LogP contribution in [0.15, 0.2) is 11.0 Å². The van der Waals surface area contributed by atoms with Crippen molar-refractivity contribution in [2.75, 3.05) is 13.1 Å². The summed E-state index contributed by atoms with van der Waals surface area (Å²) in [5.41, 5.74) is 5.66. The van der Waals surface area contributed by atoms with E-state index in [-0.39, 0.29) is 21.2 Å². The van der Waals surface area contributed by atoms with Crippen LogP contribution in [0.4, 0.5) is 0 Å². The van der Waals surface area contributed by atoms with Crippen molar-refractivity contribution >= 4 is 44.6 Å². The van der Waals surface area contributed by atoms with Crippen LogP contribution in [-0.2, 0) is 10.0 Å². The fourth-order valence-corrected chi connectivity index (χ4v) is 6.15. The quantitative estimate of drug-likeness (QED) is 0.918. The lowest BCUT2D eigenvalue weighted by molar-refractivity contribution is 0.211. The SMILES string of the molecule is CC1CCC(CN)CN1S(=O)(=O)c1cc(Cl)sc1Cl. The summed E-state index contributed by atoms with van der Waals surface area (Å²) in [5.74, 6) is 0.207. The number of hydrogen-bond acceptors (Lipinski definition) is 4. The largest absolute Gasteiger partial charge is 0.330 e. The average Bonchev–Trinajstić information content (AvgIpc) is 2.69. The molecule has 8 heteroatoms. The number of nitrogens with zero attached hydrogens (tertiary/aromatic N) is 1. The third kappa shape index (κ3) is 3.09. The van der Waals surface area contributed by atoms with E-state index in [0.717, 1.165) is 24.2 Å². The van der Waals surface area contributed by atoms with Gasteiger partial charge in [0.25, 0.3) is 0 Å². The summed E-state index contributed by atoms with van der Waals surface area (Å²) in [6, 6.07) is 1.38. The molecule has 0 aromatic carbocycles. The van der Waals surface area contributed by atoms with Gasteiger partial charge in [-0.2, -0.15) is 4.31 Å². The molecule has 2 rings (SSSR count). The van der Waals surface area contributed by atoms with E-state index in [1.54, 1.807) is 0 Å². The van der Waals surface area contributed by atoms with Crippen molar-refractivity contribution in [1.82, 2.24) is 4.31 Å². The van der Waals surface area contributed by atoms with Crippen LogP contribution in [0.5, 0.6) is 0 Å². The summed E-state index contributed by atoms with van der Waals surface area (Å²) in [5, 5.41) is 0. The second kappa shape index (κ2) is 5.87. The van der Waals surface area contributed by atoms with E-state index in [0.29, 0.717) is 17.4 Å². The molecule has 19 heavy (non-hydrogen) atoms. The molecule has 0 radical (unpaired) electrons. The minimum Gasteiger partial charge on any atom is -0.330 e. The molecule has 0 spiro atoms. The number of nitrogens with two attached hydrogens (primary N) is 1. The van der Waals surface area contributed by atoms with Gasteiger partial charge in [-0.25, -0.2) is 8.42 Å². The fraction of sp³-hybridized carbons (Fsp3) is 0.636. The molecule has 2 N–H and O–H groups in total. The third-order valence-corrected chi connectivity index (χ3v) is 7.20. The summed E-state index contributed by atoms with van der Waals surface area (Å²) < 4.78 is 27.4. The monoisotopic (exact) mass is 342 g/mol. The predicted molar refractivity (Wildman–Crippen MR) is 79.5 cm³/mol. The maximum atomic E-state index is 12.6. The number of hydrogen-bond donors (Lipinski definition) is 1. The van der Waals surface area contributed by atoms with E-state index in [4.69, 9.17) is 28.9 Å². The highest BCUT2D eigenvalue weighted by atomic mass is 35.5. The molecule has 0 bridgehead atoms. The van der Waals surface area contributed by atoms with Crippen molar-refractivity contribution in [3.05, 3.63) is 14.7 Å². The lowest BCUT2D eigenvalue weighted by atomic mass is 9.96. The third-order valence-electron chi connectivity index (χ3n) is 3.47. The van der Waals surface area contributed by atoms with Gasteiger partial charge in [0.2, 0.25) is 10.0 Å². The van der Waals surface area contributed by atoms with Crippen LogP contribution in [0.25, 0.3) is 0 Å². The number of thiophene rings is 1. The van der Waals surface area contributed by atoms with Crippen molar-refractivity contribution in [1.29, 1.82) is 0 Å². The van der Waals surface area contributed by atoms with Gasteiger partial charge in [0.1, 0.15) is 9.23 Å². The minimum absolute atomic E-state index is 0.0393. The van der Waals surface area contributed by atoms with Gasteiger partial charge in [0.15, 0.2) is 0 Å². The molecule has 1 aromatic rings. The number of piperidine rings is 1. The predicted octanol–water partition coefficient (Wildman–Crippen LogP) is 2.80. The Balaban J connectivity index is 2.35. The maximum absolute atomic E-state index is 12.6. The Morgan fingerprint density at radius 2 is 2.16 bits per heavy atom. The number of sulfonamides is 1. The van der Waals surface area contributed by atoms with Crippen molar-refractivity contribution in [2.45, 2.75) is 30.7 Å².